The fourth-order valence-electron chi connectivity index (χ4n) is 1.85. The highest BCUT2D eigenvalue weighted by atomic mass is 32.2. The number of hydrogen-bond acceptors (Lipinski definition) is 4. The molecule has 0 saturated carbocycles. The van der Waals surface area contributed by atoms with Crippen LogP contribution < -0.4 is 5.32 Å². The zero-order valence-corrected chi connectivity index (χ0v) is 13.1. The first-order valence-electron chi connectivity index (χ1n) is 6.89. The van der Waals surface area contributed by atoms with E-state index in [4.69, 9.17) is 12.2 Å². The molecule has 0 unspecified atom stereocenters. The Labute approximate surface area is 124 Å². The van der Waals surface area contributed by atoms with Gasteiger partial charge in [0.2, 0.25) is 11.8 Å². The molecule has 1 N–H and O–H groups in total. The maximum Gasteiger partial charge on any atom is 0.228 e. The van der Waals surface area contributed by atoms with Crippen LogP contribution in [0.1, 0.15) is 45.4 Å². The van der Waals surface area contributed by atoms with E-state index in [0.29, 0.717) is 30.1 Å². The molecule has 4 nitrogen and oxygen atoms in total. The van der Waals surface area contributed by atoms with Crippen LogP contribution in [0.5, 0.6) is 0 Å². The van der Waals surface area contributed by atoms with Crippen molar-refractivity contribution in [3.63, 3.8) is 0 Å². The molecular formula is C13H22N2O2S2. The number of hydrogen-bond donors (Lipinski definition) is 1. The maximum absolute atomic E-state index is 11.8. The summed E-state index contributed by atoms with van der Waals surface area (Å²) in [5, 5.41) is 2.88. The van der Waals surface area contributed by atoms with Gasteiger partial charge in [0.1, 0.15) is 4.32 Å². The molecule has 2 amide bonds. The lowest BCUT2D eigenvalue weighted by Gasteiger charge is -2.14. The molecule has 0 aromatic heterocycles. The molecule has 0 aromatic rings. The van der Waals surface area contributed by atoms with Gasteiger partial charge < -0.3 is 5.32 Å². The predicted octanol–water partition coefficient (Wildman–Crippen LogP) is 2.32. The van der Waals surface area contributed by atoms with Gasteiger partial charge in [0.05, 0.1) is 0 Å². The third kappa shape index (κ3) is 6.38. The highest BCUT2D eigenvalue weighted by Gasteiger charge is 2.23. The van der Waals surface area contributed by atoms with Crippen molar-refractivity contribution < 1.29 is 9.59 Å². The van der Waals surface area contributed by atoms with Crippen molar-refractivity contribution in [3.8, 4) is 0 Å². The van der Waals surface area contributed by atoms with E-state index < -0.39 is 0 Å². The second-order valence-corrected chi connectivity index (χ2v) is 6.30. The molecule has 0 bridgehead atoms. The summed E-state index contributed by atoms with van der Waals surface area (Å²) in [6.45, 7) is 3.59. The molecule has 6 heteroatoms. The van der Waals surface area contributed by atoms with Crippen LogP contribution in [-0.4, -0.2) is 39.9 Å². The van der Waals surface area contributed by atoms with Gasteiger partial charge in [-0.2, -0.15) is 0 Å². The minimum atomic E-state index is 0.0438. The Hall–Kier alpha value is -0.620. The van der Waals surface area contributed by atoms with Gasteiger partial charge in [0.25, 0.3) is 0 Å². The van der Waals surface area contributed by atoms with E-state index in [1.165, 1.54) is 0 Å². The van der Waals surface area contributed by atoms with Crippen molar-refractivity contribution in [2.75, 3.05) is 18.8 Å². The van der Waals surface area contributed by atoms with Gasteiger partial charge in [-0.25, -0.2) is 0 Å². The van der Waals surface area contributed by atoms with Crippen LogP contribution in [0.15, 0.2) is 0 Å². The number of rotatable bonds is 8. The number of amides is 2. The van der Waals surface area contributed by atoms with Gasteiger partial charge in [-0.1, -0.05) is 43.7 Å². The van der Waals surface area contributed by atoms with Gasteiger partial charge in [-0.3, -0.25) is 14.5 Å². The Morgan fingerprint density at radius 3 is 2.74 bits per heavy atom. The maximum atomic E-state index is 11.8. The van der Waals surface area contributed by atoms with Gasteiger partial charge in [-0.05, 0) is 12.8 Å². The summed E-state index contributed by atoms with van der Waals surface area (Å²) in [7, 11) is 0. The minimum Gasteiger partial charge on any atom is -0.356 e. The SMILES string of the molecule is CCCCCNC(=O)CCCC(=O)N1CCSC1=S. The number of nitrogens with zero attached hydrogens (tertiary/aromatic N) is 1. The van der Waals surface area contributed by atoms with Crippen molar-refractivity contribution in [1.29, 1.82) is 0 Å². The van der Waals surface area contributed by atoms with Crippen LogP contribution in [0.4, 0.5) is 0 Å². The van der Waals surface area contributed by atoms with Crippen LogP contribution in [0, 0.1) is 0 Å². The first-order valence-corrected chi connectivity index (χ1v) is 8.28. The summed E-state index contributed by atoms with van der Waals surface area (Å²) < 4.78 is 0.675. The monoisotopic (exact) mass is 302 g/mol. The summed E-state index contributed by atoms with van der Waals surface area (Å²) in [4.78, 5) is 25.0. The standard InChI is InChI=1S/C13H22N2O2S2/c1-2-3-4-8-14-11(16)6-5-7-12(17)15-9-10-19-13(15)18/h2-10H2,1H3,(H,14,16). The van der Waals surface area contributed by atoms with Crippen LogP contribution in [0.25, 0.3) is 0 Å². The van der Waals surface area contributed by atoms with Crippen molar-refractivity contribution in [3.05, 3.63) is 0 Å². The van der Waals surface area contributed by atoms with Crippen molar-refractivity contribution in [1.82, 2.24) is 10.2 Å². The Morgan fingerprint density at radius 1 is 1.32 bits per heavy atom. The number of nitrogens with one attached hydrogen (secondary N) is 1. The van der Waals surface area contributed by atoms with Crippen LogP contribution in [0.2, 0.25) is 0 Å². The molecule has 1 heterocycles. The van der Waals surface area contributed by atoms with E-state index in [-0.39, 0.29) is 11.8 Å². The fraction of sp³-hybridized carbons (Fsp3) is 0.769. The molecule has 0 radical (unpaired) electrons. The van der Waals surface area contributed by atoms with E-state index in [2.05, 4.69) is 12.2 Å². The number of unbranched alkanes of at least 4 members (excludes halogenated alkanes) is 2. The first kappa shape index (κ1) is 16.4. The van der Waals surface area contributed by atoms with E-state index in [1.807, 2.05) is 0 Å². The van der Waals surface area contributed by atoms with Crippen LogP contribution in [-0.2, 0) is 9.59 Å². The number of carbonyl (C=O) groups excluding carboxylic acids is 2. The lowest BCUT2D eigenvalue weighted by atomic mass is 10.2. The van der Waals surface area contributed by atoms with Gasteiger partial charge >= 0.3 is 0 Å². The van der Waals surface area contributed by atoms with Gasteiger partial charge in [0, 0.05) is 31.7 Å². The highest BCUT2D eigenvalue weighted by Crippen LogP contribution is 2.19. The van der Waals surface area contributed by atoms with Crippen molar-refractivity contribution in [2.45, 2.75) is 45.4 Å². The summed E-state index contributed by atoms with van der Waals surface area (Å²) in [5.41, 5.74) is 0. The molecule has 1 fully saturated rings. The fourth-order valence-corrected chi connectivity index (χ4v) is 3.09. The summed E-state index contributed by atoms with van der Waals surface area (Å²) in [6.07, 6.45) is 4.75. The van der Waals surface area contributed by atoms with Crippen molar-refractivity contribution in [2.24, 2.45) is 0 Å². The molecule has 1 aliphatic heterocycles. The Kier molecular flexibility index (Phi) is 8.05. The predicted molar refractivity (Wildman–Crippen MR) is 83.2 cm³/mol. The first-order chi connectivity index (χ1) is 9.15. The second-order valence-electron chi connectivity index (χ2n) is 4.57. The quantitative estimate of drug-likeness (QED) is 0.552. The average Bonchev–Trinajstić information content (AvgIpc) is 2.81. The van der Waals surface area contributed by atoms with Gasteiger partial charge in [0.15, 0.2) is 0 Å². The summed E-state index contributed by atoms with van der Waals surface area (Å²) in [5.74, 6) is 0.985. The average molecular weight is 302 g/mol. The molecular weight excluding hydrogens is 280 g/mol. The zero-order valence-electron chi connectivity index (χ0n) is 11.4. The number of carbonyl (C=O) groups is 2. The van der Waals surface area contributed by atoms with E-state index >= 15 is 0 Å². The molecule has 0 aromatic carbocycles. The normalized spacial score (nSPS) is 14.8. The van der Waals surface area contributed by atoms with Crippen molar-refractivity contribution >= 4 is 40.1 Å². The minimum absolute atomic E-state index is 0.0438. The van der Waals surface area contributed by atoms with Gasteiger partial charge in [-0.15, -0.1) is 0 Å². The smallest absolute Gasteiger partial charge is 0.228 e. The third-order valence-electron chi connectivity index (χ3n) is 2.96. The van der Waals surface area contributed by atoms with E-state index in [9.17, 15) is 9.59 Å². The topological polar surface area (TPSA) is 49.4 Å². The molecule has 19 heavy (non-hydrogen) atoms. The molecule has 1 rings (SSSR count). The second kappa shape index (κ2) is 9.31. The Balaban J connectivity index is 2.07. The lowest BCUT2D eigenvalue weighted by molar-refractivity contribution is -0.127. The lowest BCUT2D eigenvalue weighted by Crippen LogP contribution is -2.31. The largest absolute Gasteiger partial charge is 0.356 e. The van der Waals surface area contributed by atoms with E-state index in [1.54, 1.807) is 16.7 Å². The molecule has 0 atom stereocenters. The molecule has 0 aliphatic carbocycles. The zero-order chi connectivity index (χ0) is 14.1. The molecule has 0 spiro atoms. The highest BCUT2D eigenvalue weighted by molar-refractivity contribution is 8.23. The number of thiocarbonyl (C=S) groups is 1. The summed E-state index contributed by atoms with van der Waals surface area (Å²) >= 11 is 6.64. The molecule has 1 aliphatic rings. The summed E-state index contributed by atoms with van der Waals surface area (Å²) in [6, 6.07) is 0. The number of thioether (sulfide) groups is 1. The van der Waals surface area contributed by atoms with Crippen LogP contribution >= 0.6 is 24.0 Å². The molecule has 1 saturated heterocycles. The third-order valence-corrected chi connectivity index (χ3v) is 4.39. The van der Waals surface area contributed by atoms with Crippen LogP contribution in [0.3, 0.4) is 0 Å². The Bertz CT molecular complexity index is 335. The Morgan fingerprint density at radius 2 is 2.11 bits per heavy atom. The van der Waals surface area contributed by atoms with E-state index in [0.717, 1.165) is 31.6 Å². The molecule has 108 valence electrons.